The number of benzene rings is 1. The average Bonchev–Trinajstić information content (AvgIpc) is 2.16. The summed E-state index contributed by atoms with van der Waals surface area (Å²) in [4.78, 5) is 0. The molecule has 0 heterocycles. The lowest BCUT2D eigenvalue weighted by molar-refractivity contribution is 1.41. The quantitative estimate of drug-likeness (QED) is 0.509. The zero-order valence-corrected chi connectivity index (χ0v) is 14.4. The normalized spacial score (nSPS) is 14.7. The third-order valence-corrected chi connectivity index (χ3v) is 18.8. The van der Waals surface area contributed by atoms with E-state index < -0.39 is 0 Å². The van der Waals surface area contributed by atoms with Gasteiger partial charge >= 0.3 is 0 Å². The van der Waals surface area contributed by atoms with Crippen molar-refractivity contribution in [3.8, 4) is 0 Å². The minimum absolute atomic E-state index is 0.224. The fourth-order valence-electron chi connectivity index (χ4n) is 0.824. The second-order valence-corrected chi connectivity index (χ2v) is 18.3. The number of rotatable bonds is 4. The van der Waals surface area contributed by atoms with Crippen molar-refractivity contribution in [1.82, 2.24) is 0 Å². The first kappa shape index (κ1) is 13.2. The third kappa shape index (κ3) is 5.66. The topological polar surface area (TPSA) is 0 Å². The highest BCUT2D eigenvalue weighted by Gasteiger charge is 1.98. The van der Waals surface area contributed by atoms with E-state index in [1.807, 2.05) is 0 Å². The third-order valence-electron chi connectivity index (χ3n) is 1.51. The Kier molecular flexibility index (Phi) is 7.48. The molecule has 0 spiro atoms. The summed E-state index contributed by atoms with van der Waals surface area (Å²) in [6, 6.07) is 8.87. The summed E-state index contributed by atoms with van der Waals surface area (Å²) >= 11 is 2.35. The maximum Gasteiger partial charge on any atom is 0.0130 e. The van der Waals surface area contributed by atoms with Crippen LogP contribution in [0.1, 0.15) is 5.56 Å². The Hall–Kier alpha value is 2.10. The van der Waals surface area contributed by atoms with Crippen molar-refractivity contribution in [3.05, 3.63) is 33.4 Å². The van der Waals surface area contributed by atoms with E-state index in [-0.39, 0.29) is 6.99 Å². The Labute approximate surface area is 103 Å². The molecule has 72 valence electrons. The summed E-state index contributed by atoms with van der Waals surface area (Å²) in [7, 11) is 7.97. The van der Waals surface area contributed by atoms with Gasteiger partial charge in [0.2, 0.25) is 0 Å². The summed E-state index contributed by atoms with van der Waals surface area (Å²) in [5.41, 5.74) is 1.48. The molecule has 0 saturated heterocycles. The van der Waals surface area contributed by atoms with Gasteiger partial charge in [-0.25, -0.2) is 0 Å². The molecule has 5 unspecified atom stereocenters. The van der Waals surface area contributed by atoms with Gasteiger partial charge in [0.25, 0.3) is 0 Å². The van der Waals surface area contributed by atoms with Crippen molar-refractivity contribution in [2.75, 3.05) is 0 Å². The Morgan fingerprint density at radius 2 is 1.92 bits per heavy atom. The van der Waals surface area contributed by atoms with Crippen LogP contribution in [-0.2, 0) is 6.16 Å². The molecule has 0 N–H and O–H groups in total. The summed E-state index contributed by atoms with van der Waals surface area (Å²) in [6.45, 7) is 0.224. The molecular formula is C7H12IP5. The molecule has 0 fully saturated rings. The van der Waals surface area contributed by atoms with Crippen LogP contribution in [0.25, 0.3) is 0 Å². The molecule has 0 nitrogen and oxygen atoms in total. The fourth-order valence-corrected chi connectivity index (χ4v) is 8.02. The van der Waals surface area contributed by atoms with Crippen molar-refractivity contribution >= 4 is 63.7 Å². The van der Waals surface area contributed by atoms with E-state index in [0.29, 0.717) is 0 Å². The van der Waals surface area contributed by atoms with Gasteiger partial charge in [-0.2, -0.15) is 0 Å². The van der Waals surface area contributed by atoms with E-state index in [0.717, 1.165) is 16.2 Å². The Balaban J connectivity index is 2.41. The van der Waals surface area contributed by atoms with Gasteiger partial charge in [-0.3, -0.25) is 0 Å². The zero-order valence-electron chi connectivity index (χ0n) is 7.00. The van der Waals surface area contributed by atoms with Crippen molar-refractivity contribution < 1.29 is 0 Å². The predicted molar refractivity (Wildman–Crippen MR) is 85.8 cm³/mol. The van der Waals surface area contributed by atoms with Crippen molar-refractivity contribution in [3.63, 3.8) is 0 Å². The molecule has 1 aromatic carbocycles. The molecular weight excluding hydrogens is 366 g/mol. The van der Waals surface area contributed by atoms with Crippen molar-refractivity contribution in [2.45, 2.75) is 6.16 Å². The molecule has 0 aromatic heterocycles. The SMILES string of the molecule is PPP(P)PCc1ccc(I)cc1. The monoisotopic (exact) mass is 378 g/mol. The van der Waals surface area contributed by atoms with Gasteiger partial charge < -0.3 is 0 Å². The summed E-state index contributed by atoms with van der Waals surface area (Å²) < 4.78 is 1.32. The highest BCUT2D eigenvalue weighted by atomic mass is 127. The van der Waals surface area contributed by atoms with Crippen LogP contribution in [0.4, 0.5) is 0 Å². The van der Waals surface area contributed by atoms with Crippen LogP contribution in [0.3, 0.4) is 0 Å². The molecule has 1 rings (SSSR count). The van der Waals surface area contributed by atoms with Gasteiger partial charge in [-0.15, -0.1) is 17.9 Å². The van der Waals surface area contributed by atoms with Crippen LogP contribution in [0.2, 0.25) is 0 Å². The first-order chi connectivity index (χ1) is 6.22. The van der Waals surface area contributed by atoms with Crippen LogP contribution < -0.4 is 0 Å². The van der Waals surface area contributed by atoms with Crippen molar-refractivity contribution in [1.29, 1.82) is 0 Å². The molecule has 5 atom stereocenters. The second kappa shape index (κ2) is 7.39. The second-order valence-electron chi connectivity index (χ2n) is 2.46. The van der Waals surface area contributed by atoms with Gasteiger partial charge in [0.1, 0.15) is 0 Å². The van der Waals surface area contributed by atoms with Crippen LogP contribution in [0.15, 0.2) is 24.3 Å². The van der Waals surface area contributed by atoms with Gasteiger partial charge in [-0.05, 0) is 53.4 Å². The van der Waals surface area contributed by atoms with Gasteiger partial charge in [0.05, 0.1) is 0 Å². The van der Waals surface area contributed by atoms with E-state index in [9.17, 15) is 0 Å². The standard InChI is InChI=1S/C7H12IP5/c8-7-3-1-6(2-4-7)5-11-13(10)12-9/h1-4,11-12H,5,9-10H2. The van der Waals surface area contributed by atoms with Crippen LogP contribution in [0.5, 0.6) is 0 Å². The van der Waals surface area contributed by atoms with Gasteiger partial charge in [-0.1, -0.05) is 28.4 Å². The number of hydrogen-bond donors (Lipinski definition) is 0. The number of hydrogen-bond acceptors (Lipinski definition) is 0. The Morgan fingerprint density at radius 1 is 1.31 bits per heavy atom. The zero-order chi connectivity index (χ0) is 9.68. The highest BCUT2D eigenvalue weighted by Crippen LogP contribution is 2.78. The molecule has 0 aliphatic rings. The Bertz CT molecular complexity index is 250. The molecule has 0 saturated carbocycles. The lowest BCUT2D eigenvalue weighted by atomic mass is 10.2. The predicted octanol–water partition coefficient (Wildman–Crippen LogP) is 5.04. The minimum atomic E-state index is 0.224. The largest absolute Gasteiger partial charge is 0.109 e. The lowest BCUT2D eigenvalue weighted by Crippen LogP contribution is -1.76. The summed E-state index contributed by atoms with van der Waals surface area (Å²) in [6.07, 6.45) is 1.26. The van der Waals surface area contributed by atoms with Gasteiger partial charge in [0.15, 0.2) is 0 Å². The van der Waals surface area contributed by atoms with E-state index in [1.54, 1.807) is 0 Å². The summed E-state index contributed by atoms with van der Waals surface area (Å²) in [5.74, 6) is 0. The van der Waals surface area contributed by atoms with E-state index in [2.05, 4.69) is 64.7 Å². The molecule has 0 bridgehead atoms. The molecule has 0 radical (unpaired) electrons. The van der Waals surface area contributed by atoms with Crippen LogP contribution >= 0.6 is 63.7 Å². The van der Waals surface area contributed by atoms with E-state index in [1.165, 1.54) is 15.3 Å². The molecule has 0 aliphatic carbocycles. The first-order valence-electron chi connectivity index (χ1n) is 3.71. The summed E-state index contributed by atoms with van der Waals surface area (Å²) in [5, 5.41) is 0. The average molecular weight is 378 g/mol. The first-order valence-corrected chi connectivity index (χ1v) is 13.5. The molecule has 0 aliphatic heterocycles. The highest BCUT2D eigenvalue weighted by molar-refractivity contribution is 14.1. The number of halogens is 1. The fraction of sp³-hybridized carbons (Fsp3) is 0.143. The Morgan fingerprint density at radius 3 is 2.46 bits per heavy atom. The molecule has 13 heavy (non-hydrogen) atoms. The molecule has 6 heteroatoms. The maximum atomic E-state index is 2.98. The minimum Gasteiger partial charge on any atom is -0.109 e. The smallest absolute Gasteiger partial charge is 0.0130 e. The van der Waals surface area contributed by atoms with E-state index >= 15 is 0 Å². The van der Waals surface area contributed by atoms with E-state index in [4.69, 9.17) is 0 Å². The van der Waals surface area contributed by atoms with Crippen LogP contribution in [-0.4, -0.2) is 0 Å². The molecule has 0 amide bonds. The van der Waals surface area contributed by atoms with Crippen LogP contribution in [0, 0.1) is 3.57 Å². The lowest BCUT2D eigenvalue weighted by Gasteiger charge is -2.08. The maximum absolute atomic E-state index is 2.98. The molecule has 1 aromatic rings. The van der Waals surface area contributed by atoms with Crippen molar-refractivity contribution in [2.24, 2.45) is 0 Å². The van der Waals surface area contributed by atoms with Gasteiger partial charge in [0, 0.05) is 3.57 Å².